The highest BCUT2D eigenvalue weighted by atomic mass is 32.1. The molecule has 1 heterocycles. The number of aromatic nitrogens is 1. The number of hydrogen-bond donors (Lipinski definition) is 2. The van der Waals surface area contributed by atoms with E-state index in [0.29, 0.717) is 0 Å². The summed E-state index contributed by atoms with van der Waals surface area (Å²) < 4.78 is 1.34. The lowest BCUT2D eigenvalue weighted by Crippen LogP contribution is -2.06. The van der Waals surface area contributed by atoms with Gasteiger partial charge in [0, 0.05) is 5.56 Å². The molecule has 0 aliphatic heterocycles. The van der Waals surface area contributed by atoms with E-state index in [1.54, 1.807) is 11.3 Å². The predicted octanol–water partition coefficient (Wildman–Crippen LogP) is 3.67. The first-order chi connectivity index (χ1) is 10.5. The Morgan fingerprint density at radius 2 is 1.73 bits per heavy atom. The summed E-state index contributed by atoms with van der Waals surface area (Å²) >= 11 is 1.72. The second-order valence-electron chi connectivity index (χ2n) is 4.81. The number of aromatic carboxylic acids is 2. The lowest BCUT2D eigenvalue weighted by molar-refractivity contribution is 0.0696. The van der Waals surface area contributed by atoms with E-state index in [1.165, 1.54) is 46.5 Å². The second-order valence-corrected chi connectivity index (χ2v) is 5.70. The molecule has 110 valence electrons. The van der Waals surface area contributed by atoms with Gasteiger partial charge >= 0.3 is 11.9 Å². The molecule has 0 spiro atoms. The summed E-state index contributed by atoms with van der Waals surface area (Å²) in [4.78, 5) is 25.4. The number of hydrogen-bond acceptors (Lipinski definition) is 4. The van der Waals surface area contributed by atoms with Crippen molar-refractivity contribution >= 4 is 33.5 Å². The van der Waals surface area contributed by atoms with Crippen molar-refractivity contribution in [2.24, 2.45) is 0 Å². The van der Waals surface area contributed by atoms with Gasteiger partial charge in [0.15, 0.2) is 0 Å². The molecular weight excluding hydrogens is 302 g/mol. The average Bonchev–Trinajstić information content (AvgIpc) is 2.92. The molecule has 0 saturated heterocycles. The maximum atomic E-state index is 10.6. The van der Waals surface area contributed by atoms with Gasteiger partial charge < -0.3 is 10.2 Å². The van der Waals surface area contributed by atoms with Gasteiger partial charge in [-0.25, -0.2) is 14.6 Å². The molecule has 1 aromatic carbocycles. The monoisotopic (exact) mass is 313 g/mol. The van der Waals surface area contributed by atoms with Crippen LogP contribution >= 0.6 is 11.3 Å². The van der Waals surface area contributed by atoms with Crippen LogP contribution in [0.25, 0.3) is 21.3 Å². The molecule has 2 aliphatic rings. The Balaban J connectivity index is 0.000000137. The summed E-state index contributed by atoms with van der Waals surface area (Å²) in [5, 5.41) is 17.4. The summed E-state index contributed by atoms with van der Waals surface area (Å²) in [7, 11) is 0. The predicted molar refractivity (Wildman–Crippen MR) is 83.7 cm³/mol. The Morgan fingerprint density at radius 3 is 2.27 bits per heavy atom. The van der Waals surface area contributed by atoms with Crippen LogP contribution in [0.5, 0.6) is 0 Å². The summed E-state index contributed by atoms with van der Waals surface area (Å²) in [6.07, 6.45) is 0. The molecule has 1 aromatic heterocycles. The Kier molecular flexibility index (Phi) is 3.38. The van der Waals surface area contributed by atoms with E-state index >= 15 is 0 Å². The van der Waals surface area contributed by atoms with Crippen LogP contribution in [-0.2, 0) is 0 Å². The summed E-state index contributed by atoms with van der Waals surface area (Å²) in [6, 6.07) is 8.54. The topological polar surface area (TPSA) is 87.5 Å². The lowest BCUT2D eigenvalue weighted by atomic mass is 10.0. The fourth-order valence-electron chi connectivity index (χ4n) is 2.24. The summed E-state index contributed by atoms with van der Waals surface area (Å²) in [5.74, 6) is -2.22. The van der Waals surface area contributed by atoms with Crippen LogP contribution in [-0.4, -0.2) is 27.1 Å². The van der Waals surface area contributed by atoms with E-state index in [9.17, 15) is 9.59 Å². The van der Waals surface area contributed by atoms with Crippen LogP contribution in [0, 0.1) is 6.92 Å². The molecular formula is C16H11NO4S. The lowest BCUT2D eigenvalue weighted by Gasteiger charge is -2.03. The number of nitrogens with zero attached hydrogens (tertiary/aromatic N) is 1. The molecule has 4 rings (SSSR count). The fraction of sp³-hybridized carbons (Fsp3) is 0.0625. The molecule has 0 unspecified atom stereocenters. The summed E-state index contributed by atoms with van der Waals surface area (Å²) in [6.45, 7) is 1.48. The molecule has 0 atom stereocenters. The van der Waals surface area contributed by atoms with E-state index in [0.717, 1.165) is 0 Å². The number of carbonyl (C=O) groups is 2. The minimum Gasteiger partial charge on any atom is -0.478 e. The zero-order chi connectivity index (χ0) is 15.9. The van der Waals surface area contributed by atoms with Gasteiger partial charge in [0.25, 0.3) is 0 Å². The molecule has 0 bridgehead atoms. The van der Waals surface area contributed by atoms with E-state index in [4.69, 9.17) is 10.2 Å². The van der Waals surface area contributed by atoms with Crippen molar-refractivity contribution in [2.75, 3.05) is 0 Å². The molecule has 2 N–H and O–H groups in total. The van der Waals surface area contributed by atoms with Crippen molar-refractivity contribution in [3.05, 3.63) is 52.5 Å². The highest BCUT2D eigenvalue weighted by Crippen LogP contribution is 2.43. The third kappa shape index (κ3) is 2.44. The van der Waals surface area contributed by atoms with E-state index < -0.39 is 11.9 Å². The van der Waals surface area contributed by atoms with Crippen LogP contribution in [0.3, 0.4) is 0 Å². The van der Waals surface area contributed by atoms with Crippen LogP contribution < -0.4 is 0 Å². The van der Waals surface area contributed by atoms with Crippen LogP contribution in [0.1, 0.15) is 26.3 Å². The minimum atomic E-state index is -1.11. The Bertz CT molecular complexity index is 881. The normalized spacial score (nSPS) is 10.8. The first-order valence-corrected chi connectivity index (χ1v) is 7.31. The van der Waals surface area contributed by atoms with Crippen molar-refractivity contribution in [1.29, 1.82) is 0 Å². The third-order valence-electron chi connectivity index (χ3n) is 3.46. The molecule has 22 heavy (non-hydrogen) atoms. The number of rotatable bonds is 2. The van der Waals surface area contributed by atoms with Crippen LogP contribution in [0.2, 0.25) is 0 Å². The second kappa shape index (κ2) is 5.23. The molecule has 0 fully saturated rings. The third-order valence-corrected chi connectivity index (χ3v) is 4.23. The number of fused-ring (bicyclic) bond motifs is 3. The van der Waals surface area contributed by atoms with Gasteiger partial charge in [-0.15, -0.1) is 11.3 Å². The van der Waals surface area contributed by atoms with Gasteiger partial charge in [0.05, 0.1) is 26.9 Å². The molecule has 0 amide bonds. The number of carboxylic acid groups (broad SMARTS) is 2. The quantitative estimate of drug-likeness (QED) is 0.589. The average molecular weight is 313 g/mol. The SMILES string of the molecule is Cc1c(C(=O)O)cccc1C(=O)O.c1nc2c3cc-3cc2s1. The van der Waals surface area contributed by atoms with E-state index in [1.807, 2.05) is 5.51 Å². The standard InChI is InChI=1S/C9H8O4.C7H3NS/c1-5-6(8(10)11)3-2-4-7(5)9(12)13;1-4-2-6-7(5(1)4)8-3-9-6/h2-4H,1H3,(H,10,11)(H,12,13);1-3H. The highest BCUT2D eigenvalue weighted by Gasteiger charge is 2.18. The number of thiazole rings is 1. The first-order valence-electron chi connectivity index (χ1n) is 6.43. The van der Waals surface area contributed by atoms with Gasteiger partial charge in [-0.1, -0.05) is 6.07 Å². The molecule has 2 aliphatic carbocycles. The molecule has 5 nitrogen and oxygen atoms in total. The number of carboxylic acids is 2. The Hall–Kier alpha value is -2.73. The maximum Gasteiger partial charge on any atom is 0.335 e. The molecule has 0 saturated carbocycles. The highest BCUT2D eigenvalue weighted by molar-refractivity contribution is 7.17. The van der Waals surface area contributed by atoms with E-state index in [-0.39, 0.29) is 16.7 Å². The van der Waals surface area contributed by atoms with Crippen LogP contribution in [0.4, 0.5) is 0 Å². The van der Waals surface area contributed by atoms with Crippen LogP contribution in [0.15, 0.2) is 35.8 Å². The Morgan fingerprint density at radius 1 is 1.09 bits per heavy atom. The zero-order valence-electron chi connectivity index (χ0n) is 11.5. The smallest absolute Gasteiger partial charge is 0.335 e. The van der Waals surface area contributed by atoms with Crippen molar-refractivity contribution in [2.45, 2.75) is 6.92 Å². The fourth-order valence-corrected chi connectivity index (χ4v) is 2.99. The maximum absolute atomic E-state index is 10.6. The van der Waals surface area contributed by atoms with Gasteiger partial charge in [0.1, 0.15) is 0 Å². The number of benzene rings is 2. The minimum absolute atomic E-state index is 0.0277. The summed E-state index contributed by atoms with van der Waals surface area (Å²) in [5.41, 5.74) is 6.20. The molecule has 2 aromatic rings. The Labute approximate surface area is 129 Å². The largest absolute Gasteiger partial charge is 0.478 e. The van der Waals surface area contributed by atoms with Crippen molar-refractivity contribution < 1.29 is 19.8 Å². The van der Waals surface area contributed by atoms with E-state index in [2.05, 4.69) is 17.1 Å². The zero-order valence-corrected chi connectivity index (χ0v) is 12.3. The van der Waals surface area contributed by atoms with Crippen molar-refractivity contribution in [3.63, 3.8) is 0 Å². The van der Waals surface area contributed by atoms with Crippen molar-refractivity contribution in [1.82, 2.24) is 4.98 Å². The van der Waals surface area contributed by atoms with Gasteiger partial charge in [-0.05, 0) is 42.3 Å². The van der Waals surface area contributed by atoms with Gasteiger partial charge in [-0.2, -0.15) is 0 Å². The molecule has 0 radical (unpaired) electrons. The van der Waals surface area contributed by atoms with Gasteiger partial charge in [0.2, 0.25) is 0 Å². The van der Waals surface area contributed by atoms with Crippen molar-refractivity contribution in [3.8, 4) is 11.1 Å². The molecule has 6 heteroatoms. The first kappa shape index (κ1) is 14.2. The van der Waals surface area contributed by atoms with Gasteiger partial charge in [-0.3, -0.25) is 0 Å².